The van der Waals surface area contributed by atoms with Gasteiger partial charge in [-0.05, 0) is 33.4 Å². The van der Waals surface area contributed by atoms with Crippen molar-refractivity contribution >= 4 is 17.9 Å². The molecule has 126 valence electrons. The SMILES string of the molecule is CSc1ncc2c(n1)C1(CCN(C(=O)OC(C)(C)C)C1)CNC2. The first-order valence-electron chi connectivity index (χ1n) is 7.92. The van der Waals surface area contributed by atoms with Crippen molar-refractivity contribution in [1.82, 2.24) is 20.2 Å². The van der Waals surface area contributed by atoms with Crippen molar-refractivity contribution in [3.05, 3.63) is 17.5 Å². The fourth-order valence-electron chi connectivity index (χ4n) is 3.29. The molecule has 1 aromatic heterocycles. The number of fused-ring (bicyclic) bond motifs is 2. The van der Waals surface area contributed by atoms with E-state index in [9.17, 15) is 4.79 Å². The van der Waals surface area contributed by atoms with E-state index in [0.29, 0.717) is 13.1 Å². The highest BCUT2D eigenvalue weighted by molar-refractivity contribution is 7.98. The molecule has 0 bridgehead atoms. The van der Waals surface area contributed by atoms with Crippen molar-refractivity contribution in [2.75, 3.05) is 25.9 Å². The van der Waals surface area contributed by atoms with E-state index in [1.54, 1.807) is 11.8 Å². The van der Waals surface area contributed by atoms with Crippen LogP contribution in [-0.4, -0.2) is 52.5 Å². The number of hydrogen-bond acceptors (Lipinski definition) is 6. The minimum Gasteiger partial charge on any atom is -0.444 e. The van der Waals surface area contributed by atoms with Crippen molar-refractivity contribution in [3.63, 3.8) is 0 Å². The van der Waals surface area contributed by atoms with Crippen LogP contribution in [0.4, 0.5) is 4.79 Å². The van der Waals surface area contributed by atoms with Crippen LogP contribution in [0.1, 0.15) is 38.4 Å². The Morgan fingerprint density at radius 1 is 1.48 bits per heavy atom. The molecular formula is C16H24N4O2S. The lowest BCUT2D eigenvalue weighted by Crippen LogP contribution is -2.47. The van der Waals surface area contributed by atoms with Gasteiger partial charge in [-0.25, -0.2) is 14.8 Å². The van der Waals surface area contributed by atoms with Gasteiger partial charge in [0.1, 0.15) is 5.60 Å². The van der Waals surface area contributed by atoms with Gasteiger partial charge in [-0.3, -0.25) is 0 Å². The van der Waals surface area contributed by atoms with Crippen molar-refractivity contribution in [1.29, 1.82) is 0 Å². The molecule has 1 aromatic rings. The summed E-state index contributed by atoms with van der Waals surface area (Å²) in [6.45, 7) is 8.66. The van der Waals surface area contributed by atoms with Crippen LogP contribution in [0.3, 0.4) is 0 Å². The van der Waals surface area contributed by atoms with E-state index in [0.717, 1.165) is 35.9 Å². The Hall–Kier alpha value is -1.34. The number of ether oxygens (including phenoxy) is 1. The van der Waals surface area contributed by atoms with Gasteiger partial charge in [0, 0.05) is 43.4 Å². The maximum atomic E-state index is 12.4. The van der Waals surface area contributed by atoms with Gasteiger partial charge < -0.3 is 15.0 Å². The minimum absolute atomic E-state index is 0.127. The van der Waals surface area contributed by atoms with Crippen LogP contribution in [0.25, 0.3) is 0 Å². The second-order valence-electron chi connectivity index (χ2n) is 7.27. The number of amides is 1. The molecule has 2 aliphatic rings. The number of aromatic nitrogens is 2. The first-order chi connectivity index (χ1) is 10.8. The standard InChI is InChI=1S/C16H24N4O2S/c1-15(2,3)22-14(21)20-6-5-16(10-20)9-17-7-11-8-18-13(23-4)19-12(11)16/h8,17H,5-7,9-10H2,1-4H3. The molecule has 6 nitrogen and oxygen atoms in total. The molecule has 7 heteroatoms. The van der Waals surface area contributed by atoms with Crippen molar-refractivity contribution in [2.24, 2.45) is 0 Å². The number of likely N-dealkylation sites (tertiary alicyclic amines) is 1. The van der Waals surface area contributed by atoms with Crippen molar-refractivity contribution < 1.29 is 9.53 Å². The first-order valence-corrected chi connectivity index (χ1v) is 9.14. The van der Waals surface area contributed by atoms with E-state index in [2.05, 4.69) is 10.3 Å². The topological polar surface area (TPSA) is 67.4 Å². The van der Waals surface area contributed by atoms with Crippen LogP contribution in [0.15, 0.2) is 11.4 Å². The summed E-state index contributed by atoms with van der Waals surface area (Å²) >= 11 is 1.55. The van der Waals surface area contributed by atoms with Crippen molar-refractivity contribution in [3.8, 4) is 0 Å². The Morgan fingerprint density at radius 2 is 2.26 bits per heavy atom. The number of thioether (sulfide) groups is 1. The number of nitrogens with zero attached hydrogens (tertiary/aromatic N) is 3. The average Bonchev–Trinajstić information content (AvgIpc) is 2.91. The Morgan fingerprint density at radius 3 is 2.96 bits per heavy atom. The largest absolute Gasteiger partial charge is 0.444 e. The van der Waals surface area contributed by atoms with Crippen LogP contribution in [0.2, 0.25) is 0 Å². The van der Waals surface area contributed by atoms with E-state index < -0.39 is 5.60 Å². The minimum atomic E-state index is -0.469. The highest BCUT2D eigenvalue weighted by Crippen LogP contribution is 2.38. The first kappa shape index (κ1) is 16.5. The molecule has 0 aliphatic carbocycles. The lowest BCUT2D eigenvalue weighted by Gasteiger charge is -2.35. The van der Waals surface area contributed by atoms with Crippen LogP contribution in [-0.2, 0) is 16.7 Å². The van der Waals surface area contributed by atoms with Gasteiger partial charge in [0.2, 0.25) is 0 Å². The average molecular weight is 336 g/mol. The maximum Gasteiger partial charge on any atom is 0.410 e. The van der Waals surface area contributed by atoms with E-state index >= 15 is 0 Å². The summed E-state index contributed by atoms with van der Waals surface area (Å²) in [4.78, 5) is 23.3. The Balaban J connectivity index is 1.84. The van der Waals surface area contributed by atoms with Crippen LogP contribution in [0.5, 0.6) is 0 Å². The van der Waals surface area contributed by atoms with Gasteiger partial charge in [0.25, 0.3) is 0 Å². The van der Waals surface area contributed by atoms with Gasteiger partial charge >= 0.3 is 6.09 Å². The number of hydrogen-bond donors (Lipinski definition) is 1. The molecule has 1 saturated heterocycles. The third kappa shape index (κ3) is 3.30. The molecule has 0 aromatic carbocycles. The summed E-state index contributed by atoms with van der Waals surface area (Å²) in [5.41, 5.74) is 1.64. The summed E-state index contributed by atoms with van der Waals surface area (Å²) in [6, 6.07) is 0. The van der Waals surface area contributed by atoms with Gasteiger partial charge in [0.15, 0.2) is 5.16 Å². The molecule has 1 atom stereocenters. The number of carbonyl (C=O) groups excluding carboxylic acids is 1. The van der Waals surface area contributed by atoms with E-state index in [4.69, 9.17) is 9.72 Å². The van der Waals surface area contributed by atoms with E-state index in [1.165, 1.54) is 0 Å². The third-order valence-corrected chi connectivity index (χ3v) is 4.87. The maximum absolute atomic E-state index is 12.4. The monoisotopic (exact) mass is 336 g/mol. The van der Waals surface area contributed by atoms with E-state index in [-0.39, 0.29) is 11.5 Å². The predicted octanol–water partition coefficient (Wildman–Crippen LogP) is 2.18. The summed E-state index contributed by atoms with van der Waals surface area (Å²) < 4.78 is 5.52. The number of rotatable bonds is 1. The Labute approximate surface area is 141 Å². The zero-order valence-corrected chi connectivity index (χ0v) is 15.0. The predicted molar refractivity (Wildman–Crippen MR) is 89.6 cm³/mol. The van der Waals surface area contributed by atoms with Crippen LogP contribution < -0.4 is 5.32 Å². The summed E-state index contributed by atoms with van der Waals surface area (Å²) in [5.74, 6) is 0. The Kier molecular flexibility index (Phi) is 4.27. The summed E-state index contributed by atoms with van der Waals surface area (Å²) in [5, 5.41) is 4.25. The van der Waals surface area contributed by atoms with Crippen molar-refractivity contribution in [2.45, 2.75) is 49.9 Å². The molecular weight excluding hydrogens is 312 g/mol. The molecule has 1 spiro atoms. The highest BCUT2D eigenvalue weighted by Gasteiger charge is 2.46. The zero-order valence-electron chi connectivity index (χ0n) is 14.2. The van der Waals surface area contributed by atoms with E-state index in [1.807, 2.05) is 38.1 Å². The quantitative estimate of drug-likeness (QED) is 0.626. The number of carbonyl (C=O) groups is 1. The van der Waals surface area contributed by atoms with Crippen LogP contribution >= 0.6 is 11.8 Å². The smallest absolute Gasteiger partial charge is 0.410 e. The number of nitrogens with one attached hydrogen (secondary N) is 1. The zero-order chi connectivity index (χ0) is 16.7. The second-order valence-corrected chi connectivity index (χ2v) is 8.04. The second kappa shape index (κ2) is 5.94. The fraction of sp³-hybridized carbons (Fsp3) is 0.688. The van der Waals surface area contributed by atoms with Gasteiger partial charge in [0.05, 0.1) is 5.69 Å². The molecule has 3 heterocycles. The normalized spacial score (nSPS) is 23.9. The lowest BCUT2D eigenvalue weighted by molar-refractivity contribution is 0.0282. The van der Waals surface area contributed by atoms with Crippen LogP contribution in [0, 0.1) is 0 Å². The molecule has 1 fully saturated rings. The third-order valence-electron chi connectivity index (χ3n) is 4.31. The summed E-state index contributed by atoms with van der Waals surface area (Å²) in [7, 11) is 0. The molecule has 0 radical (unpaired) electrons. The lowest BCUT2D eigenvalue weighted by atomic mass is 9.79. The molecule has 2 aliphatic heterocycles. The van der Waals surface area contributed by atoms with Gasteiger partial charge in [-0.2, -0.15) is 0 Å². The molecule has 1 unspecified atom stereocenters. The summed E-state index contributed by atoms with van der Waals surface area (Å²) in [6.07, 6.45) is 4.56. The Bertz CT molecular complexity index is 617. The molecule has 23 heavy (non-hydrogen) atoms. The molecule has 3 rings (SSSR count). The highest BCUT2D eigenvalue weighted by atomic mass is 32.2. The van der Waals surface area contributed by atoms with Gasteiger partial charge in [-0.15, -0.1) is 0 Å². The molecule has 1 N–H and O–H groups in total. The fourth-order valence-corrected chi connectivity index (χ4v) is 3.63. The molecule has 0 saturated carbocycles. The van der Waals surface area contributed by atoms with Gasteiger partial charge in [-0.1, -0.05) is 11.8 Å². The molecule has 1 amide bonds.